The number of benzene rings is 1. The molecule has 0 bridgehead atoms. The van der Waals surface area contributed by atoms with Gasteiger partial charge < -0.3 is 5.32 Å². The van der Waals surface area contributed by atoms with Gasteiger partial charge in [-0.05, 0) is 41.2 Å². The van der Waals surface area contributed by atoms with Gasteiger partial charge in [0.05, 0.1) is 4.90 Å². The van der Waals surface area contributed by atoms with E-state index in [-0.39, 0.29) is 21.8 Å². The smallest absolute Gasteiger partial charge is 0.243 e. The first-order valence-corrected chi connectivity index (χ1v) is 7.19. The van der Waals surface area contributed by atoms with Gasteiger partial charge in [0.2, 0.25) is 10.0 Å². The molecule has 0 aliphatic heterocycles. The fourth-order valence-electron chi connectivity index (χ4n) is 1.24. The largest absolute Gasteiger partial charge is 0.318 e. The first kappa shape index (κ1) is 17.8. The quantitative estimate of drug-likeness (QED) is 0.871. The van der Waals surface area contributed by atoms with Gasteiger partial charge >= 0.3 is 0 Å². The zero-order valence-corrected chi connectivity index (χ0v) is 13.2. The molecule has 0 aliphatic carbocycles. The first-order chi connectivity index (χ1) is 7.89. The lowest BCUT2D eigenvalue weighted by molar-refractivity contribution is 0.465. The summed E-state index contributed by atoms with van der Waals surface area (Å²) in [6.45, 7) is 0.900. The number of hydrogen-bond acceptors (Lipinski definition) is 3. The molecule has 0 spiro atoms. The van der Waals surface area contributed by atoms with Gasteiger partial charge in [0, 0.05) is 24.6 Å². The molecule has 0 fully saturated rings. The van der Waals surface area contributed by atoms with Crippen molar-refractivity contribution in [3.8, 4) is 0 Å². The van der Waals surface area contributed by atoms with Crippen molar-refractivity contribution in [2.45, 2.75) is 4.90 Å². The van der Waals surface area contributed by atoms with Gasteiger partial charge in [0.1, 0.15) is 5.82 Å². The summed E-state index contributed by atoms with van der Waals surface area (Å²) in [5.41, 5.74) is 0. The van der Waals surface area contributed by atoms with Crippen LogP contribution < -0.4 is 5.32 Å². The molecule has 1 rings (SSSR count). The van der Waals surface area contributed by atoms with Gasteiger partial charge in [-0.15, -0.1) is 12.4 Å². The van der Waals surface area contributed by atoms with Crippen LogP contribution in [-0.2, 0) is 10.0 Å². The summed E-state index contributed by atoms with van der Waals surface area (Å²) in [5, 5.41) is 2.87. The minimum atomic E-state index is -3.58. The molecule has 0 atom stereocenters. The Bertz CT molecular complexity index is 499. The third kappa shape index (κ3) is 4.17. The number of halogens is 3. The standard InChI is InChI=1S/C10H14BrFN2O2S.ClH/c1-13-5-6-14(2)17(15,16)10-4-3-8(12)7-9(10)11;/h3-4,7,13H,5-6H2,1-2H3;1H. The second-order valence-corrected chi connectivity index (χ2v) is 6.37. The van der Waals surface area contributed by atoms with Gasteiger partial charge in [-0.1, -0.05) is 0 Å². The maximum atomic E-state index is 12.9. The number of rotatable bonds is 5. The van der Waals surface area contributed by atoms with Gasteiger partial charge in [-0.3, -0.25) is 0 Å². The third-order valence-electron chi connectivity index (χ3n) is 2.26. The van der Waals surface area contributed by atoms with E-state index in [9.17, 15) is 12.8 Å². The highest BCUT2D eigenvalue weighted by Crippen LogP contribution is 2.24. The topological polar surface area (TPSA) is 49.4 Å². The van der Waals surface area contributed by atoms with Crippen LogP contribution in [0.2, 0.25) is 0 Å². The van der Waals surface area contributed by atoms with E-state index in [1.165, 1.54) is 17.4 Å². The van der Waals surface area contributed by atoms with Crippen molar-refractivity contribution in [2.75, 3.05) is 27.2 Å². The molecule has 18 heavy (non-hydrogen) atoms. The molecule has 0 aromatic heterocycles. The number of nitrogens with zero attached hydrogens (tertiary/aromatic N) is 1. The molecule has 1 aromatic carbocycles. The van der Waals surface area contributed by atoms with E-state index in [0.29, 0.717) is 13.1 Å². The molecule has 4 nitrogen and oxygen atoms in total. The number of nitrogens with one attached hydrogen (secondary N) is 1. The molecule has 1 N–H and O–H groups in total. The molecule has 0 heterocycles. The van der Waals surface area contributed by atoms with Crippen molar-refractivity contribution in [1.82, 2.24) is 9.62 Å². The van der Waals surface area contributed by atoms with Crippen LogP contribution in [-0.4, -0.2) is 39.9 Å². The molecule has 0 unspecified atom stereocenters. The van der Waals surface area contributed by atoms with Crippen LogP contribution in [0.5, 0.6) is 0 Å². The Morgan fingerprint density at radius 3 is 2.56 bits per heavy atom. The molecule has 1 aromatic rings. The lowest BCUT2D eigenvalue weighted by Gasteiger charge is -2.17. The molecule has 0 aliphatic rings. The minimum Gasteiger partial charge on any atom is -0.318 e. The highest BCUT2D eigenvalue weighted by atomic mass is 79.9. The van der Waals surface area contributed by atoms with Gasteiger partial charge in [0.15, 0.2) is 0 Å². The first-order valence-electron chi connectivity index (χ1n) is 4.95. The van der Waals surface area contributed by atoms with Crippen LogP contribution in [0.3, 0.4) is 0 Å². The molecule has 0 amide bonds. The van der Waals surface area contributed by atoms with E-state index in [0.717, 1.165) is 12.1 Å². The SMILES string of the molecule is CNCCN(C)S(=O)(=O)c1ccc(F)cc1Br.Cl. The van der Waals surface area contributed by atoms with Crippen molar-refractivity contribution in [2.24, 2.45) is 0 Å². The number of hydrogen-bond donors (Lipinski definition) is 1. The Balaban J connectivity index is 0.00000289. The minimum absolute atomic E-state index is 0. The zero-order valence-electron chi connectivity index (χ0n) is 9.98. The predicted octanol–water partition coefficient (Wildman–Crippen LogP) is 1.85. The Kier molecular flexibility index (Phi) is 7.31. The molecular formula is C10H15BrClFN2O2S. The molecule has 104 valence electrons. The van der Waals surface area contributed by atoms with Crippen LogP contribution in [0.4, 0.5) is 4.39 Å². The summed E-state index contributed by atoms with van der Waals surface area (Å²) in [4.78, 5) is 0.0671. The molecule has 0 saturated heterocycles. The van der Waals surface area contributed by atoms with Crippen LogP contribution >= 0.6 is 28.3 Å². The Labute approximate surface area is 121 Å². The van der Waals surface area contributed by atoms with Crippen LogP contribution in [0, 0.1) is 5.82 Å². The summed E-state index contributed by atoms with van der Waals surface area (Å²) in [6, 6.07) is 3.52. The second-order valence-electron chi connectivity index (χ2n) is 3.50. The lowest BCUT2D eigenvalue weighted by Crippen LogP contribution is -2.33. The average Bonchev–Trinajstić information content (AvgIpc) is 2.25. The summed E-state index contributed by atoms with van der Waals surface area (Å²) in [5.74, 6) is -0.478. The van der Waals surface area contributed by atoms with E-state index in [1.54, 1.807) is 7.05 Å². The van der Waals surface area contributed by atoms with Gasteiger partial charge in [-0.25, -0.2) is 12.8 Å². The van der Waals surface area contributed by atoms with Gasteiger partial charge in [-0.2, -0.15) is 4.31 Å². The second kappa shape index (κ2) is 7.40. The Morgan fingerprint density at radius 1 is 1.44 bits per heavy atom. The summed E-state index contributed by atoms with van der Waals surface area (Å²) >= 11 is 3.06. The lowest BCUT2D eigenvalue weighted by atomic mass is 10.3. The normalized spacial score (nSPS) is 11.4. The monoisotopic (exact) mass is 360 g/mol. The van der Waals surface area contributed by atoms with Crippen LogP contribution in [0.15, 0.2) is 27.6 Å². The maximum Gasteiger partial charge on any atom is 0.243 e. The molecule has 0 saturated carbocycles. The molecule has 0 radical (unpaired) electrons. The molecule has 8 heteroatoms. The van der Waals surface area contributed by atoms with E-state index in [4.69, 9.17) is 0 Å². The zero-order chi connectivity index (χ0) is 13.1. The Hall–Kier alpha value is -0.210. The van der Waals surface area contributed by atoms with Crippen molar-refractivity contribution in [3.63, 3.8) is 0 Å². The van der Waals surface area contributed by atoms with Crippen LogP contribution in [0.25, 0.3) is 0 Å². The average molecular weight is 362 g/mol. The van der Waals surface area contributed by atoms with E-state index in [1.807, 2.05) is 0 Å². The summed E-state index contributed by atoms with van der Waals surface area (Å²) in [6.07, 6.45) is 0. The Morgan fingerprint density at radius 2 is 2.06 bits per heavy atom. The van der Waals surface area contributed by atoms with Crippen molar-refractivity contribution >= 4 is 38.4 Å². The van der Waals surface area contributed by atoms with Crippen molar-refractivity contribution in [1.29, 1.82) is 0 Å². The highest BCUT2D eigenvalue weighted by molar-refractivity contribution is 9.10. The molecular weight excluding hydrogens is 347 g/mol. The van der Waals surface area contributed by atoms with Crippen molar-refractivity contribution in [3.05, 3.63) is 28.5 Å². The number of likely N-dealkylation sites (N-methyl/N-ethyl adjacent to an activating group) is 2. The summed E-state index contributed by atoms with van der Waals surface area (Å²) < 4.78 is 38.6. The number of sulfonamides is 1. The van der Waals surface area contributed by atoms with Gasteiger partial charge in [0.25, 0.3) is 0 Å². The highest BCUT2D eigenvalue weighted by Gasteiger charge is 2.22. The fourth-order valence-corrected chi connectivity index (χ4v) is 3.42. The van der Waals surface area contributed by atoms with E-state index < -0.39 is 15.8 Å². The van der Waals surface area contributed by atoms with E-state index in [2.05, 4.69) is 21.2 Å². The predicted molar refractivity (Wildman–Crippen MR) is 75.1 cm³/mol. The maximum absolute atomic E-state index is 12.9. The fraction of sp³-hybridized carbons (Fsp3) is 0.400. The van der Waals surface area contributed by atoms with Crippen molar-refractivity contribution < 1.29 is 12.8 Å². The van der Waals surface area contributed by atoms with E-state index >= 15 is 0 Å². The third-order valence-corrected chi connectivity index (χ3v) is 5.09. The van der Waals surface area contributed by atoms with Crippen LogP contribution in [0.1, 0.15) is 0 Å². The summed E-state index contributed by atoms with van der Waals surface area (Å²) in [7, 11) is -0.346.